The topological polar surface area (TPSA) is 61.1 Å². The fourth-order valence-corrected chi connectivity index (χ4v) is 3.50. The molecule has 0 N–H and O–H groups in total. The summed E-state index contributed by atoms with van der Waals surface area (Å²) in [5, 5.41) is 0. The zero-order valence-electron chi connectivity index (χ0n) is 11.9. The maximum atomic E-state index is 12.5. The average Bonchev–Trinajstić information content (AvgIpc) is 2.91. The summed E-state index contributed by atoms with van der Waals surface area (Å²) in [7, 11) is -3.89. The van der Waals surface area contributed by atoms with Gasteiger partial charge in [-0.1, -0.05) is 36.4 Å². The predicted molar refractivity (Wildman–Crippen MR) is 83.8 cm³/mol. The molecule has 0 unspecified atom stereocenters. The number of aromatic nitrogens is 2. The number of imidazole rings is 1. The Morgan fingerprint density at radius 3 is 2.18 bits per heavy atom. The standard InChI is InChI=1S/C16H14N2O3S/c1-13-7-5-6-10-15(13)17-11-12-18(16(17)19)22(20,21)14-8-3-2-4-9-14/h2-12H,1H3. The monoisotopic (exact) mass is 314 g/mol. The van der Waals surface area contributed by atoms with Crippen molar-refractivity contribution in [2.45, 2.75) is 11.8 Å². The molecule has 0 aliphatic carbocycles. The molecule has 2 aromatic carbocycles. The molecule has 0 aliphatic heterocycles. The van der Waals surface area contributed by atoms with Crippen molar-refractivity contribution >= 4 is 10.0 Å². The largest absolute Gasteiger partial charge is 0.346 e. The maximum absolute atomic E-state index is 12.5. The van der Waals surface area contributed by atoms with Crippen LogP contribution in [-0.4, -0.2) is 17.0 Å². The molecule has 0 amide bonds. The quantitative estimate of drug-likeness (QED) is 0.744. The number of para-hydroxylation sites is 1. The molecule has 3 aromatic rings. The minimum atomic E-state index is -3.89. The van der Waals surface area contributed by atoms with Crippen LogP contribution in [0.4, 0.5) is 0 Å². The van der Waals surface area contributed by atoms with Crippen molar-refractivity contribution in [3.8, 4) is 5.69 Å². The second-order valence-electron chi connectivity index (χ2n) is 4.85. The van der Waals surface area contributed by atoms with E-state index in [0.717, 1.165) is 9.54 Å². The third kappa shape index (κ3) is 2.27. The van der Waals surface area contributed by atoms with Gasteiger partial charge in [-0.15, -0.1) is 0 Å². The summed E-state index contributed by atoms with van der Waals surface area (Å²) in [5.74, 6) is 0. The van der Waals surface area contributed by atoms with E-state index in [1.165, 1.54) is 29.1 Å². The Morgan fingerprint density at radius 1 is 0.864 bits per heavy atom. The van der Waals surface area contributed by atoms with Gasteiger partial charge in [-0.25, -0.2) is 13.2 Å². The summed E-state index contributed by atoms with van der Waals surface area (Å²) in [6.45, 7) is 1.87. The van der Waals surface area contributed by atoms with E-state index in [0.29, 0.717) is 5.69 Å². The molecule has 0 saturated carbocycles. The second-order valence-corrected chi connectivity index (χ2v) is 6.67. The van der Waals surface area contributed by atoms with Gasteiger partial charge in [0.25, 0.3) is 10.0 Å². The van der Waals surface area contributed by atoms with E-state index in [1.54, 1.807) is 30.3 Å². The van der Waals surface area contributed by atoms with Crippen LogP contribution in [0.15, 0.2) is 76.7 Å². The highest BCUT2D eigenvalue weighted by Crippen LogP contribution is 2.14. The van der Waals surface area contributed by atoms with Crippen LogP contribution in [0, 0.1) is 6.92 Å². The molecule has 0 fully saturated rings. The Morgan fingerprint density at radius 2 is 1.50 bits per heavy atom. The van der Waals surface area contributed by atoms with Crippen LogP contribution >= 0.6 is 0 Å². The van der Waals surface area contributed by atoms with Crippen LogP contribution in [0.2, 0.25) is 0 Å². The van der Waals surface area contributed by atoms with Gasteiger partial charge in [-0.05, 0) is 30.7 Å². The van der Waals surface area contributed by atoms with Crippen molar-refractivity contribution in [2.24, 2.45) is 0 Å². The lowest BCUT2D eigenvalue weighted by Gasteiger charge is -2.06. The molecule has 1 aromatic heterocycles. The van der Waals surface area contributed by atoms with Crippen molar-refractivity contribution in [3.63, 3.8) is 0 Å². The zero-order chi connectivity index (χ0) is 15.7. The number of nitrogens with zero attached hydrogens (tertiary/aromatic N) is 2. The van der Waals surface area contributed by atoms with Gasteiger partial charge < -0.3 is 0 Å². The lowest BCUT2D eigenvalue weighted by molar-refractivity contribution is 0.585. The van der Waals surface area contributed by atoms with E-state index in [-0.39, 0.29) is 4.90 Å². The maximum Gasteiger partial charge on any atom is 0.346 e. The van der Waals surface area contributed by atoms with Crippen LogP contribution in [0.5, 0.6) is 0 Å². The SMILES string of the molecule is Cc1ccccc1-n1ccn(S(=O)(=O)c2ccccc2)c1=O. The lowest BCUT2D eigenvalue weighted by Crippen LogP contribution is -2.28. The predicted octanol–water partition coefficient (Wildman–Crippen LogP) is 2.18. The van der Waals surface area contributed by atoms with Gasteiger partial charge >= 0.3 is 5.69 Å². The normalized spacial score (nSPS) is 11.5. The van der Waals surface area contributed by atoms with Crippen molar-refractivity contribution in [1.29, 1.82) is 0 Å². The van der Waals surface area contributed by atoms with Gasteiger partial charge in [0.1, 0.15) is 0 Å². The number of hydrogen-bond acceptors (Lipinski definition) is 3. The van der Waals surface area contributed by atoms with Crippen LogP contribution in [0.25, 0.3) is 5.69 Å². The molecule has 6 heteroatoms. The molecule has 0 bridgehead atoms. The smallest absolute Gasteiger partial charge is 0.267 e. The summed E-state index contributed by atoms with van der Waals surface area (Å²) in [5.41, 5.74) is 0.937. The third-order valence-corrected chi connectivity index (χ3v) is 5.08. The Kier molecular flexibility index (Phi) is 3.46. The number of rotatable bonds is 3. The molecule has 0 radical (unpaired) electrons. The number of hydrogen-bond donors (Lipinski definition) is 0. The lowest BCUT2D eigenvalue weighted by atomic mass is 10.2. The Balaban J connectivity index is 2.17. The molecule has 0 aliphatic rings. The fraction of sp³-hybridized carbons (Fsp3) is 0.0625. The van der Waals surface area contributed by atoms with Crippen LogP contribution in [0.1, 0.15) is 5.56 Å². The van der Waals surface area contributed by atoms with Crippen LogP contribution < -0.4 is 5.69 Å². The Hall–Kier alpha value is -2.60. The minimum Gasteiger partial charge on any atom is -0.267 e. The number of benzene rings is 2. The minimum absolute atomic E-state index is 0.0830. The second kappa shape index (κ2) is 5.31. The van der Waals surface area contributed by atoms with Gasteiger partial charge in [-0.3, -0.25) is 4.57 Å². The highest BCUT2D eigenvalue weighted by atomic mass is 32.2. The van der Waals surface area contributed by atoms with E-state index in [1.807, 2.05) is 19.1 Å². The summed E-state index contributed by atoms with van der Waals surface area (Å²) in [6, 6.07) is 15.2. The molecule has 3 rings (SSSR count). The zero-order valence-corrected chi connectivity index (χ0v) is 12.7. The van der Waals surface area contributed by atoms with E-state index in [2.05, 4.69) is 0 Å². The Labute approximate surface area is 128 Å². The average molecular weight is 314 g/mol. The molecule has 0 atom stereocenters. The molecule has 1 heterocycles. The third-order valence-electron chi connectivity index (χ3n) is 3.42. The van der Waals surface area contributed by atoms with Crippen LogP contribution in [0.3, 0.4) is 0 Å². The van der Waals surface area contributed by atoms with Gasteiger partial charge in [0.05, 0.1) is 10.6 Å². The van der Waals surface area contributed by atoms with Crippen molar-refractivity contribution < 1.29 is 8.42 Å². The van der Waals surface area contributed by atoms with Gasteiger partial charge in [-0.2, -0.15) is 3.97 Å². The van der Waals surface area contributed by atoms with E-state index in [4.69, 9.17) is 0 Å². The Bertz CT molecular complexity index is 970. The van der Waals surface area contributed by atoms with Crippen molar-refractivity contribution in [3.05, 3.63) is 83.0 Å². The molecule has 0 saturated heterocycles. The first kappa shape index (κ1) is 14.3. The molecule has 0 spiro atoms. The van der Waals surface area contributed by atoms with E-state index < -0.39 is 15.7 Å². The first-order valence-electron chi connectivity index (χ1n) is 6.68. The fourth-order valence-electron chi connectivity index (χ4n) is 2.27. The molecule has 22 heavy (non-hydrogen) atoms. The first-order chi connectivity index (χ1) is 10.5. The number of aryl methyl sites for hydroxylation is 1. The van der Waals surface area contributed by atoms with Crippen LogP contribution in [-0.2, 0) is 10.0 Å². The van der Waals surface area contributed by atoms with E-state index in [9.17, 15) is 13.2 Å². The van der Waals surface area contributed by atoms with Gasteiger partial charge in [0, 0.05) is 12.4 Å². The molecular weight excluding hydrogens is 300 g/mol. The summed E-state index contributed by atoms with van der Waals surface area (Å²) in [4.78, 5) is 12.6. The summed E-state index contributed by atoms with van der Waals surface area (Å²) >= 11 is 0. The van der Waals surface area contributed by atoms with Crippen molar-refractivity contribution in [2.75, 3.05) is 0 Å². The molecular formula is C16H14N2O3S. The molecule has 5 nitrogen and oxygen atoms in total. The summed E-state index contributed by atoms with van der Waals surface area (Å²) < 4.78 is 27.2. The highest BCUT2D eigenvalue weighted by Gasteiger charge is 2.20. The van der Waals surface area contributed by atoms with Crippen molar-refractivity contribution in [1.82, 2.24) is 8.54 Å². The highest BCUT2D eigenvalue weighted by molar-refractivity contribution is 7.90. The molecule has 112 valence electrons. The van der Waals surface area contributed by atoms with Gasteiger partial charge in [0.15, 0.2) is 0 Å². The van der Waals surface area contributed by atoms with Gasteiger partial charge in [0.2, 0.25) is 0 Å². The first-order valence-corrected chi connectivity index (χ1v) is 8.12. The van der Waals surface area contributed by atoms with E-state index >= 15 is 0 Å². The summed E-state index contributed by atoms with van der Waals surface area (Å²) in [6.07, 6.45) is 2.74.